The van der Waals surface area contributed by atoms with Gasteiger partial charge in [-0.15, -0.1) is 11.6 Å². The predicted molar refractivity (Wildman–Crippen MR) is 96.3 cm³/mol. The maximum absolute atomic E-state index is 6.59. The van der Waals surface area contributed by atoms with E-state index in [9.17, 15) is 0 Å². The molecular formula is C20H20ClNO. The second kappa shape index (κ2) is 4.78. The average molecular weight is 326 g/mol. The van der Waals surface area contributed by atoms with E-state index in [4.69, 9.17) is 16.3 Å². The smallest absolute Gasteiger partial charge is 0.211 e. The van der Waals surface area contributed by atoms with Crippen LogP contribution in [0.5, 0.6) is 5.75 Å². The minimum Gasteiger partial charge on any atom is -0.463 e. The molecule has 0 saturated heterocycles. The van der Waals surface area contributed by atoms with Gasteiger partial charge in [0.05, 0.1) is 5.41 Å². The number of ether oxygens (including phenoxy) is 1. The van der Waals surface area contributed by atoms with Crippen LogP contribution < -0.4 is 9.64 Å². The first-order valence-corrected chi connectivity index (χ1v) is 8.43. The third kappa shape index (κ3) is 1.82. The lowest BCUT2D eigenvalue weighted by atomic mass is 9.76. The molecule has 2 aliphatic rings. The van der Waals surface area contributed by atoms with E-state index in [1.807, 2.05) is 12.1 Å². The van der Waals surface area contributed by atoms with E-state index in [0.29, 0.717) is 5.88 Å². The molecule has 0 radical (unpaired) electrons. The lowest BCUT2D eigenvalue weighted by Crippen LogP contribution is -2.58. The minimum atomic E-state index is -0.508. The predicted octanol–water partition coefficient (Wildman–Crippen LogP) is 4.95. The van der Waals surface area contributed by atoms with Crippen LogP contribution >= 0.6 is 11.6 Å². The molecule has 0 N–H and O–H groups in total. The van der Waals surface area contributed by atoms with Crippen LogP contribution in [0.25, 0.3) is 6.08 Å². The van der Waals surface area contributed by atoms with Crippen molar-refractivity contribution in [2.75, 3.05) is 11.9 Å². The molecule has 4 rings (SSSR count). The third-order valence-electron chi connectivity index (χ3n) is 5.32. The molecule has 3 heteroatoms. The van der Waals surface area contributed by atoms with Crippen LogP contribution in [-0.2, 0) is 11.3 Å². The van der Waals surface area contributed by atoms with E-state index in [2.05, 4.69) is 68.3 Å². The van der Waals surface area contributed by atoms with Crippen LogP contribution in [0, 0.1) is 0 Å². The molecule has 0 aromatic heterocycles. The molecule has 1 atom stereocenters. The quantitative estimate of drug-likeness (QED) is 0.687. The molecule has 0 saturated carbocycles. The summed E-state index contributed by atoms with van der Waals surface area (Å²) in [5.74, 6) is 1.43. The Balaban J connectivity index is 1.85. The molecule has 0 fully saturated rings. The van der Waals surface area contributed by atoms with Crippen molar-refractivity contribution >= 4 is 23.4 Å². The van der Waals surface area contributed by atoms with Crippen LogP contribution in [0.4, 0.5) is 5.69 Å². The Kier molecular flexibility index (Phi) is 3.05. The van der Waals surface area contributed by atoms with Gasteiger partial charge in [-0.2, -0.15) is 0 Å². The van der Waals surface area contributed by atoms with E-state index in [1.54, 1.807) is 0 Å². The Hall–Kier alpha value is -1.93. The molecule has 2 nitrogen and oxygen atoms in total. The zero-order valence-electron chi connectivity index (χ0n) is 13.6. The van der Waals surface area contributed by atoms with Crippen molar-refractivity contribution in [2.24, 2.45) is 0 Å². The molecule has 0 bridgehead atoms. The van der Waals surface area contributed by atoms with Crippen molar-refractivity contribution in [3.63, 3.8) is 0 Å². The minimum absolute atomic E-state index is 0.155. The first-order chi connectivity index (χ1) is 11.0. The maximum Gasteiger partial charge on any atom is 0.211 e. The third-order valence-corrected chi connectivity index (χ3v) is 5.62. The fourth-order valence-electron chi connectivity index (χ4n) is 3.91. The summed E-state index contributed by atoms with van der Waals surface area (Å²) in [6.45, 7) is 4.50. The van der Waals surface area contributed by atoms with Crippen LogP contribution in [0.15, 0.2) is 48.5 Å². The Bertz CT molecular complexity index is 811. The number of benzene rings is 2. The number of halogens is 1. The van der Waals surface area contributed by atoms with Gasteiger partial charge in [0.15, 0.2) is 0 Å². The van der Waals surface area contributed by atoms with Gasteiger partial charge in [-0.05, 0) is 55.3 Å². The van der Waals surface area contributed by atoms with E-state index < -0.39 is 5.72 Å². The number of hydrogen-bond donors (Lipinski definition) is 0. The van der Waals surface area contributed by atoms with Crippen molar-refractivity contribution < 1.29 is 4.74 Å². The molecule has 1 spiro atoms. The van der Waals surface area contributed by atoms with Gasteiger partial charge >= 0.3 is 0 Å². The van der Waals surface area contributed by atoms with Gasteiger partial charge in [0.25, 0.3) is 0 Å². The highest BCUT2D eigenvalue weighted by Crippen LogP contribution is 2.54. The van der Waals surface area contributed by atoms with Crippen LogP contribution in [0.2, 0.25) is 0 Å². The Morgan fingerprint density at radius 3 is 2.65 bits per heavy atom. The number of alkyl halides is 1. The van der Waals surface area contributed by atoms with E-state index >= 15 is 0 Å². The zero-order chi connectivity index (χ0) is 16.2. The standard InChI is InChI=1S/C20H20ClNO/c1-19(2)16-6-4-5-7-17(16)22(3)20(19)11-10-15-12-14(13-21)8-9-18(15)23-20/h4-12H,13H2,1-3H3. The molecule has 0 amide bonds. The highest BCUT2D eigenvalue weighted by molar-refractivity contribution is 6.17. The number of nitrogens with zero attached hydrogens (tertiary/aromatic N) is 1. The monoisotopic (exact) mass is 325 g/mol. The highest BCUT2D eigenvalue weighted by atomic mass is 35.5. The SMILES string of the molecule is CN1c2ccccc2C(C)(C)C12C=Cc1cc(CCl)ccc1O2. The van der Waals surface area contributed by atoms with Gasteiger partial charge in [-0.25, -0.2) is 0 Å². The summed E-state index contributed by atoms with van der Waals surface area (Å²) in [6.07, 6.45) is 4.35. The van der Waals surface area contributed by atoms with Gasteiger partial charge in [-0.1, -0.05) is 24.3 Å². The summed E-state index contributed by atoms with van der Waals surface area (Å²) in [4.78, 5) is 2.25. The van der Waals surface area contributed by atoms with Crippen molar-refractivity contribution in [3.05, 3.63) is 65.2 Å². The Morgan fingerprint density at radius 1 is 1.13 bits per heavy atom. The summed E-state index contributed by atoms with van der Waals surface area (Å²) < 4.78 is 6.59. The van der Waals surface area contributed by atoms with Gasteiger partial charge < -0.3 is 9.64 Å². The topological polar surface area (TPSA) is 12.5 Å². The highest BCUT2D eigenvalue weighted by Gasteiger charge is 2.57. The van der Waals surface area contributed by atoms with Crippen molar-refractivity contribution in [3.8, 4) is 5.75 Å². The number of para-hydroxylation sites is 1. The largest absolute Gasteiger partial charge is 0.463 e. The van der Waals surface area contributed by atoms with Crippen molar-refractivity contribution in [2.45, 2.75) is 30.9 Å². The fourth-order valence-corrected chi connectivity index (χ4v) is 4.08. The molecule has 2 aromatic carbocycles. The fraction of sp³-hybridized carbons (Fsp3) is 0.300. The molecular weight excluding hydrogens is 306 g/mol. The number of rotatable bonds is 1. The van der Waals surface area contributed by atoms with Crippen LogP contribution in [0.1, 0.15) is 30.5 Å². The molecule has 118 valence electrons. The first kappa shape index (κ1) is 14.6. The summed E-state index contributed by atoms with van der Waals surface area (Å²) in [5.41, 5.74) is 4.07. The summed E-state index contributed by atoms with van der Waals surface area (Å²) in [7, 11) is 2.11. The number of anilines is 1. The summed E-state index contributed by atoms with van der Waals surface area (Å²) >= 11 is 5.95. The van der Waals surface area contributed by atoms with Crippen LogP contribution in [-0.4, -0.2) is 12.8 Å². The Morgan fingerprint density at radius 2 is 1.91 bits per heavy atom. The summed E-state index contributed by atoms with van der Waals surface area (Å²) in [6, 6.07) is 14.7. The second-order valence-corrected chi connectivity index (χ2v) is 7.11. The zero-order valence-corrected chi connectivity index (χ0v) is 14.4. The van der Waals surface area contributed by atoms with Gasteiger partial charge in [0.1, 0.15) is 5.75 Å². The normalized spacial score (nSPS) is 23.6. The second-order valence-electron chi connectivity index (χ2n) is 6.84. The maximum atomic E-state index is 6.59. The van der Waals surface area contributed by atoms with E-state index in [1.165, 1.54) is 11.3 Å². The van der Waals surface area contributed by atoms with E-state index in [0.717, 1.165) is 16.9 Å². The average Bonchev–Trinajstić information content (AvgIpc) is 2.74. The molecule has 1 unspecified atom stereocenters. The molecule has 2 heterocycles. The van der Waals surface area contributed by atoms with Gasteiger partial charge in [-0.3, -0.25) is 0 Å². The van der Waals surface area contributed by atoms with E-state index in [-0.39, 0.29) is 5.41 Å². The van der Waals surface area contributed by atoms with Crippen molar-refractivity contribution in [1.29, 1.82) is 0 Å². The number of fused-ring (bicyclic) bond motifs is 2. The molecule has 23 heavy (non-hydrogen) atoms. The first-order valence-electron chi connectivity index (χ1n) is 7.90. The van der Waals surface area contributed by atoms with Crippen molar-refractivity contribution in [1.82, 2.24) is 0 Å². The summed E-state index contributed by atoms with van der Waals surface area (Å²) in [5, 5.41) is 0. The Labute approximate surface area is 142 Å². The van der Waals surface area contributed by atoms with Crippen LogP contribution in [0.3, 0.4) is 0 Å². The number of hydrogen-bond acceptors (Lipinski definition) is 2. The van der Waals surface area contributed by atoms with Gasteiger partial charge in [0, 0.05) is 24.2 Å². The lowest BCUT2D eigenvalue weighted by molar-refractivity contribution is 0.0581. The lowest BCUT2D eigenvalue weighted by Gasteiger charge is -2.45. The molecule has 0 aliphatic carbocycles. The number of likely N-dealkylation sites (N-methyl/N-ethyl adjacent to an activating group) is 1. The van der Waals surface area contributed by atoms with Gasteiger partial charge in [0.2, 0.25) is 5.72 Å². The molecule has 2 aromatic rings. The molecule has 2 aliphatic heterocycles.